The Hall–Kier alpha value is -2.92. The van der Waals surface area contributed by atoms with E-state index in [1.165, 1.54) is 0 Å². The third-order valence-electron chi connectivity index (χ3n) is 4.97. The van der Waals surface area contributed by atoms with Crippen LogP contribution in [0.1, 0.15) is 43.0 Å². The fourth-order valence-electron chi connectivity index (χ4n) is 3.51. The van der Waals surface area contributed by atoms with E-state index >= 15 is 0 Å². The number of carbonyl (C=O) groups is 2. The van der Waals surface area contributed by atoms with Gasteiger partial charge < -0.3 is 14.7 Å². The average molecular weight is 393 g/mol. The molecular weight excluding hydrogens is 366 g/mol. The maximum Gasteiger partial charge on any atom is 0.295 e. The second kappa shape index (κ2) is 9.05. The van der Waals surface area contributed by atoms with E-state index in [4.69, 9.17) is 4.74 Å². The van der Waals surface area contributed by atoms with Crippen molar-refractivity contribution in [1.29, 1.82) is 0 Å². The SMILES string of the molecule is Cc1ccc(/C(O)=C2/C(=O)C(=O)N(CCCOC(C)C)C2c2ccccc2)cc1. The Morgan fingerprint density at radius 2 is 1.72 bits per heavy atom. The van der Waals surface area contributed by atoms with Gasteiger partial charge in [0.25, 0.3) is 11.7 Å². The van der Waals surface area contributed by atoms with Crippen LogP contribution in [0.4, 0.5) is 0 Å². The molecule has 2 aromatic carbocycles. The molecule has 1 fully saturated rings. The number of benzene rings is 2. The fourth-order valence-corrected chi connectivity index (χ4v) is 3.51. The zero-order valence-electron chi connectivity index (χ0n) is 17.1. The molecule has 0 spiro atoms. The number of carbonyl (C=O) groups excluding carboxylic acids is 2. The highest BCUT2D eigenvalue weighted by Crippen LogP contribution is 2.39. The van der Waals surface area contributed by atoms with E-state index in [0.717, 1.165) is 11.1 Å². The molecule has 5 nitrogen and oxygen atoms in total. The number of amides is 1. The summed E-state index contributed by atoms with van der Waals surface area (Å²) in [6.45, 7) is 6.74. The minimum Gasteiger partial charge on any atom is -0.507 e. The van der Waals surface area contributed by atoms with Gasteiger partial charge in [0.15, 0.2) is 0 Å². The predicted molar refractivity (Wildman–Crippen MR) is 112 cm³/mol. The zero-order chi connectivity index (χ0) is 21.0. The van der Waals surface area contributed by atoms with Gasteiger partial charge in [-0.15, -0.1) is 0 Å². The number of hydrogen-bond acceptors (Lipinski definition) is 4. The highest BCUT2D eigenvalue weighted by Gasteiger charge is 2.45. The molecule has 1 atom stereocenters. The van der Waals surface area contributed by atoms with Crippen LogP contribution in [-0.4, -0.2) is 41.0 Å². The number of hydrogen-bond donors (Lipinski definition) is 1. The number of ether oxygens (including phenoxy) is 1. The van der Waals surface area contributed by atoms with Gasteiger partial charge in [-0.2, -0.15) is 0 Å². The van der Waals surface area contributed by atoms with Gasteiger partial charge in [-0.1, -0.05) is 60.2 Å². The third-order valence-corrected chi connectivity index (χ3v) is 4.97. The van der Waals surface area contributed by atoms with E-state index < -0.39 is 17.7 Å². The van der Waals surface area contributed by atoms with Crippen LogP contribution in [-0.2, 0) is 14.3 Å². The van der Waals surface area contributed by atoms with Crippen LogP contribution in [0, 0.1) is 6.92 Å². The van der Waals surface area contributed by atoms with Crippen molar-refractivity contribution in [2.24, 2.45) is 0 Å². The first kappa shape index (κ1) is 20.8. The molecule has 2 aromatic rings. The molecule has 1 aliphatic heterocycles. The number of likely N-dealkylation sites (tertiary alicyclic amines) is 1. The summed E-state index contributed by atoms with van der Waals surface area (Å²) in [5.41, 5.74) is 2.50. The molecule has 0 bridgehead atoms. The number of aryl methyl sites for hydroxylation is 1. The molecule has 29 heavy (non-hydrogen) atoms. The largest absolute Gasteiger partial charge is 0.507 e. The van der Waals surface area contributed by atoms with E-state index in [9.17, 15) is 14.7 Å². The molecule has 1 N–H and O–H groups in total. The number of ketones is 1. The number of nitrogens with zero attached hydrogens (tertiary/aromatic N) is 1. The van der Waals surface area contributed by atoms with E-state index in [0.29, 0.717) is 25.1 Å². The van der Waals surface area contributed by atoms with Crippen LogP contribution >= 0.6 is 0 Å². The summed E-state index contributed by atoms with van der Waals surface area (Å²) in [7, 11) is 0. The number of Topliss-reactive ketones (excluding diaryl/α,β-unsaturated/α-hetero) is 1. The summed E-state index contributed by atoms with van der Waals surface area (Å²) >= 11 is 0. The lowest BCUT2D eigenvalue weighted by Crippen LogP contribution is -2.31. The normalized spacial score (nSPS) is 18.6. The summed E-state index contributed by atoms with van der Waals surface area (Å²) in [6, 6.07) is 16.0. The Bertz CT molecular complexity index is 900. The van der Waals surface area contributed by atoms with Gasteiger partial charge in [-0.05, 0) is 32.8 Å². The van der Waals surface area contributed by atoms with Crippen molar-refractivity contribution < 1.29 is 19.4 Å². The van der Waals surface area contributed by atoms with Crippen molar-refractivity contribution in [3.05, 3.63) is 76.9 Å². The van der Waals surface area contributed by atoms with Crippen LogP contribution in [0.3, 0.4) is 0 Å². The minimum absolute atomic E-state index is 0.108. The van der Waals surface area contributed by atoms with E-state index in [1.807, 2.05) is 63.2 Å². The number of aliphatic hydroxyl groups excluding tert-OH is 1. The lowest BCUT2D eigenvalue weighted by molar-refractivity contribution is -0.140. The second-order valence-corrected chi connectivity index (χ2v) is 7.54. The van der Waals surface area contributed by atoms with Gasteiger partial charge in [-0.25, -0.2) is 0 Å². The van der Waals surface area contributed by atoms with Crippen LogP contribution in [0.5, 0.6) is 0 Å². The summed E-state index contributed by atoms with van der Waals surface area (Å²) in [5.74, 6) is -1.38. The third kappa shape index (κ3) is 4.57. The molecule has 1 saturated heterocycles. The molecule has 5 heteroatoms. The lowest BCUT2D eigenvalue weighted by atomic mass is 9.95. The first-order valence-electron chi connectivity index (χ1n) is 9.92. The highest BCUT2D eigenvalue weighted by atomic mass is 16.5. The molecule has 152 valence electrons. The molecule has 3 rings (SSSR count). The maximum atomic E-state index is 12.9. The molecule has 1 heterocycles. The maximum absolute atomic E-state index is 12.9. The van der Waals surface area contributed by atoms with Crippen molar-refractivity contribution in [2.75, 3.05) is 13.2 Å². The molecule has 1 amide bonds. The van der Waals surface area contributed by atoms with E-state index in [2.05, 4.69) is 0 Å². The molecule has 1 aliphatic rings. The van der Waals surface area contributed by atoms with Crippen LogP contribution in [0.25, 0.3) is 5.76 Å². The van der Waals surface area contributed by atoms with Gasteiger partial charge in [-0.3, -0.25) is 9.59 Å². The lowest BCUT2D eigenvalue weighted by Gasteiger charge is -2.25. The van der Waals surface area contributed by atoms with Crippen molar-refractivity contribution >= 4 is 17.4 Å². The van der Waals surface area contributed by atoms with Crippen molar-refractivity contribution in [1.82, 2.24) is 4.90 Å². The first-order valence-corrected chi connectivity index (χ1v) is 9.92. The Labute approximate surface area is 171 Å². The van der Waals surface area contributed by atoms with Crippen molar-refractivity contribution in [2.45, 2.75) is 39.3 Å². The number of aliphatic hydroxyl groups is 1. The molecular formula is C24H27NO4. The highest BCUT2D eigenvalue weighted by molar-refractivity contribution is 6.46. The fraction of sp³-hybridized carbons (Fsp3) is 0.333. The molecule has 0 aliphatic carbocycles. The minimum atomic E-state index is -0.651. The molecule has 0 aromatic heterocycles. The summed E-state index contributed by atoms with van der Waals surface area (Å²) in [4.78, 5) is 27.2. The zero-order valence-corrected chi connectivity index (χ0v) is 17.1. The smallest absolute Gasteiger partial charge is 0.295 e. The Balaban J connectivity index is 1.99. The first-order chi connectivity index (χ1) is 13.9. The van der Waals surface area contributed by atoms with E-state index in [1.54, 1.807) is 17.0 Å². The Morgan fingerprint density at radius 3 is 2.34 bits per heavy atom. The Morgan fingerprint density at radius 1 is 1.07 bits per heavy atom. The van der Waals surface area contributed by atoms with Crippen LogP contribution in [0.2, 0.25) is 0 Å². The summed E-state index contributed by atoms with van der Waals surface area (Å²) < 4.78 is 5.58. The van der Waals surface area contributed by atoms with Gasteiger partial charge >= 0.3 is 0 Å². The van der Waals surface area contributed by atoms with Crippen LogP contribution in [0.15, 0.2) is 60.2 Å². The summed E-state index contributed by atoms with van der Waals surface area (Å²) in [5, 5.41) is 10.9. The van der Waals surface area contributed by atoms with E-state index in [-0.39, 0.29) is 17.4 Å². The topological polar surface area (TPSA) is 66.8 Å². The second-order valence-electron chi connectivity index (χ2n) is 7.54. The van der Waals surface area contributed by atoms with Gasteiger partial charge in [0.05, 0.1) is 17.7 Å². The van der Waals surface area contributed by atoms with Crippen LogP contribution < -0.4 is 0 Å². The summed E-state index contributed by atoms with van der Waals surface area (Å²) in [6.07, 6.45) is 0.718. The van der Waals surface area contributed by atoms with Gasteiger partial charge in [0.1, 0.15) is 5.76 Å². The van der Waals surface area contributed by atoms with Gasteiger partial charge in [0.2, 0.25) is 0 Å². The quantitative estimate of drug-likeness (QED) is 0.331. The monoisotopic (exact) mass is 393 g/mol. The number of rotatable bonds is 7. The van der Waals surface area contributed by atoms with Crippen molar-refractivity contribution in [3.8, 4) is 0 Å². The standard InChI is InChI=1S/C24H27NO4/c1-16(2)29-15-7-14-25-21(18-8-5-4-6-9-18)20(23(27)24(25)28)22(26)19-12-10-17(3)11-13-19/h4-6,8-13,16,21,26H,7,14-15H2,1-3H3/b22-20-. The predicted octanol–water partition coefficient (Wildman–Crippen LogP) is 4.23. The van der Waals surface area contributed by atoms with Gasteiger partial charge in [0, 0.05) is 18.7 Å². The average Bonchev–Trinajstić information content (AvgIpc) is 2.96. The molecule has 0 radical (unpaired) electrons. The Kier molecular flexibility index (Phi) is 6.49. The molecule has 0 saturated carbocycles. The van der Waals surface area contributed by atoms with Crippen molar-refractivity contribution in [3.63, 3.8) is 0 Å². The molecule has 1 unspecified atom stereocenters.